The highest BCUT2D eigenvalue weighted by molar-refractivity contribution is 7.89. The number of halogens is 1. The van der Waals surface area contributed by atoms with Crippen LogP contribution in [0.15, 0.2) is 53.4 Å². The number of nitrogens with one attached hydrogen (secondary N) is 2. The van der Waals surface area contributed by atoms with E-state index in [1.807, 2.05) is 13.8 Å². The summed E-state index contributed by atoms with van der Waals surface area (Å²) in [6, 6.07) is 10.7. The van der Waals surface area contributed by atoms with Gasteiger partial charge in [-0.15, -0.1) is 0 Å². The Morgan fingerprint density at radius 3 is 2.42 bits per heavy atom. The quantitative estimate of drug-likeness (QED) is 0.572. The van der Waals surface area contributed by atoms with Crippen molar-refractivity contribution >= 4 is 27.7 Å². The van der Waals surface area contributed by atoms with Crippen LogP contribution in [0.2, 0.25) is 0 Å². The fourth-order valence-electron chi connectivity index (χ4n) is 3.15. The minimum atomic E-state index is -3.63. The van der Waals surface area contributed by atoms with Gasteiger partial charge in [-0.05, 0) is 75.9 Å². The number of aromatic nitrogens is 2. The largest absolute Gasteiger partial charge is 0.322 e. The molecule has 0 spiro atoms. The molecule has 3 aromatic rings. The molecule has 0 fully saturated rings. The molecule has 0 aliphatic heterocycles. The van der Waals surface area contributed by atoms with E-state index in [9.17, 15) is 17.6 Å². The average Bonchev–Trinajstić information content (AvgIpc) is 3.02. The van der Waals surface area contributed by atoms with Crippen LogP contribution in [0, 0.1) is 26.6 Å². The lowest BCUT2D eigenvalue weighted by Crippen LogP contribution is -2.20. The monoisotopic (exact) mass is 442 g/mol. The second-order valence-corrected chi connectivity index (χ2v) is 8.84. The van der Waals surface area contributed by atoms with Gasteiger partial charge in [0.1, 0.15) is 5.82 Å². The predicted molar refractivity (Wildman–Crippen MR) is 118 cm³/mol. The van der Waals surface area contributed by atoms with E-state index in [4.69, 9.17) is 0 Å². The molecule has 162 valence electrons. The highest BCUT2D eigenvalue weighted by atomic mass is 32.2. The van der Waals surface area contributed by atoms with Gasteiger partial charge in [-0.3, -0.25) is 4.79 Å². The molecule has 2 aromatic carbocycles. The third-order valence-electron chi connectivity index (χ3n) is 4.83. The lowest BCUT2D eigenvalue weighted by atomic mass is 10.1. The van der Waals surface area contributed by atoms with Crippen LogP contribution in [0.1, 0.15) is 22.5 Å². The van der Waals surface area contributed by atoms with E-state index >= 15 is 0 Å². The van der Waals surface area contributed by atoms with Crippen molar-refractivity contribution in [3.63, 3.8) is 0 Å². The Morgan fingerprint density at radius 2 is 1.77 bits per heavy atom. The van der Waals surface area contributed by atoms with E-state index in [-0.39, 0.29) is 10.7 Å². The third kappa shape index (κ3) is 4.89. The van der Waals surface area contributed by atoms with Gasteiger partial charge < -0.3 is 5.32 Å². The number of hydrogen-bond acceptors (Lipinski definition) is 4. The van der Waals surface area contributed by atoms with Gasteiger partial charge >= 0.3 is 0 Å². The lowest BCUT2D eigenvalue weighted by Gasteiger charge is -2.09. The van der Waals surface area contributed by atoms with Crippen molar-refractivity contribution in [3.8, 4) is 5.69 Å². The van der Waals surface area contributed by atoms with Gasteiger partial charge in [0.25, 0.3) is 0 Å². The summed E-state index contributed by atoms with van der Waals surface area (Å²) in [6.07, 6.45) is 3.00. The molecule has 1 aromatic heterocycles. The fraction of sp³-hybridized carbons (Fsp3) is 0.182. The molecule has 0 bridgehead atoms. The molecule has 31 heavy (non-hydrogen) atoms. The number of rotatable bonds is 6. The van der Waals surface area contributed by atoms with Crippen LogP contribution in [-0.4, -0.2) is 31.2 Å². The first-order chi connectivity index (χ1) is 14.6. The van der Waals surface area contributed by atoms with Crippen molar-refractivity contribution in [2.45, 2.75) is 25.7 Å². The number of carbonyl (C=O) groups excluding carboxylic acids is 1. The Kier molecular flexibility index (Phi) is 6.37. The summed E-state index contributed by atoms with van der Waals surface area (Å²) in [5.41, 5.74) is 3.92. The van der Waals surface area contributed by atoms with E-state index in [2.05, 4.69) is 15.1 Å². The first-order valence-electron chi connectivity index (χ1n) is 9.48. The van der Waals surface area contributed by atoms with Crippen LogP contribution in [0.3, 0.4) is 0 Å². The van der Waals surface area contributed by atoms with Gasteiger partial charge in [0.2, 0.25) is 15.9 Å². The molecule has 9 heteroatoms. The molecule has 0 saturated carbocycles. The summed E-state index contributed by atoms with van der Waals surface area (Å²) in [7, 11) is -2.30. The smallest absolute Gasteiger partial charge is 0.248 e. The zero-order valence-electron chi connectivity index (χ0n) is 17.6. The summed E-state index contributed by atoms with van der Waals surface area (Å²) < 4.78 is 41.4. The number of amides is 1. The number of anilines is 1. The Hall–Kier alpha value is -3.30. The van der Waals surface area contributed by atoms with E-state index in [1.165, 1.54) is 31.3 Å². The van der Waals surface area contributed by atoms with Gasteiger partial charge in [-0.1, -0.05) is 6.07 Å². The Balaban J connectivity index is 1.81. The fourth-order valence-corrected chi connectivity index (χ4v) is 4.14. The Morgan fingerprint density at radius 1 is 1.10 bits per heavy atom. The molecule has 0 saturated heterocycles. The van der Waals surface area contributed by atoms with E-state index in [0.717, 1.165) is 11.3 Å². The van der Waals surface area contributed by atoms with E-state index in [0.29, 0.717) is 22.6 Å². The van der Waals surface area contributed by atoms with Crippen molar-refractivity contribution in [2.75, 3.05) is 12.4 Å². The first-order valence-corrected chi connectivity index (χ1v) is 11.0. The van der Waals surface area contributed by atoms with Crippen LogP contribution in [0.25, 0.3) is 11.8 Å². The molecule has 2 N–H and O–H groups in total. The molecule has 1 heterocycles. The van der Waals surface area contributed by atoms with Crippen LogP contribution < -0.4 is 10.0 Å². The summed E-state index contributed by atoms with van der Waals surface area (Å²) in [5.74, 6) is -0.742. The van der Waals surface area contributed by atoms with Gasteiger partial charge in [0.05, 0.1) is 16.3 Å². The standard InChI is InChI=1S/C22H23FN4O3S/c1-14-5-8-18(13-21(14)31(29,30)24-4)25-22(28)12-11-20-15(2)26-27(16(20)3)19-9-6-17(23)7-10-19/h5-13,24H,1-4H3,(H,25,28)/b12-11+. The molecule has 0 radical (unpaired) electrons. The molecule has 1 amide bonds. The summed E-state index contributed by atoms with van der Waals surface area (Å²) in [6.45, 7) is 5.36. The highest BCUT2D eigenvalue weighted by Crippen LogP contribution is 2.21. The highest BCUT2D eigenvalue weighted by Gasteiger charge is 2.16. The molecule has 3 rings (SSSR count). The Bertz CT molecular complexity index is 1260. The van der Waals surface area contributed by atoms with Crippen molar-refractivity contribution in [1.82, 2.24) is 14.5 Å². The molecule has 0 aliphatic carbocycles. The van der Waals surface area contributed by atoms with Gasteiger partial charge in [0, 0.05) is 23.0 Å². The summed E-state index contributed by atoms with van der Waals surface area (Å²) >= 11 is 0. The van der Waals surface area contributed by atoms with Gasteiger partial charge in [-0.2, -0.15) is 5.10 Å². The van der Waals surface area contributed by atoms with Crippen molar-refractivity contribution in [2.24, 2.45) is 0 Å². The van der Waals surface area contributed by atoms with Crippen molar-refractivity contribution in [1.29, 1.82) is 0 Å². The molecule has 0 aliphatic rings. The maximum atomic E-state index is 13.2. The molecular weight excluding hydrogens is 419 g/mol. The molecule has 0 unspecified atom stereocenters. The summed E-state index contributed by atoms with van der Waals surface area (Å²) in [4.78, 5) is 12.5. The number of aryl methyl sites for hydroxylation is 2. The zero-order chi connectivity index (χ0) is 22.8. The topological polar surface area (TPSA) is 93.1 Å². The average molecular weight is 443 g/mol. The zero-order valence-corrected chi connectivity index (χ0v) is 18.4. The van der Waals surface area contributed by atoms with Crippen LogP contribution in [-0.2, 0) is 14.8 Å². The van der Waals surface area contributed by atoms with E-state index in [1.54, 1.807) is 41.9 Å². The summed E-state index contributed by atoms with van der Waals surface area (Å²) in [5, 5.41) is 7.14. The molecular formula is C22H23FN4O3S. The minimum absolute atomic E-state index is 0.101. The van der Waals surface area contributed by atoms with Crippen molar-refractivity contribution in [3.05, 3.63) is 76.9 Å². The molecule has 0 atom stereocenters. The second-order valence-electron chi connectivity index (χ2n) is 6.98. The maximum Gasteiger partial charge on any atom is 0.248 e. The van der Waals surface area contributed by atoms with E-state index < -0.39 is 15.9 Å². The predicted octanol–water partition coefficient (Wildman–Crippen LogP) is 3.50. The number of hydrogen-bond donors (Lipinski definition) is 2. The maximum absolute atomic E-state index is 13.2. The third-order valence-corrected chi connectivity index (χ3v) is 6.39. The van der Waals surface area contributed by atoms with Gasteiger partial charge in [0.15, 0.2) is 0 Å². The number of sulfonamides is 1. The number of nitrogens with zero attached hydrogens (tertiary/aromatic N) is 2. The first kappa shape index (κ1) is 22.4. The number of benzene rings is 2. The van der Waals surface area contributed by atoms with Crippen LogP contribution in [0.4, 0.5) is 10.1 Å². The molecule has 7 nitrogen and oxygen atoms in total. The Labute approximate surface area is 180 Å². The van der Waals surface area contributed by atoms with Crippen molar-refractivity contribution < 1.29 is 17.6 Å². The van der Waals surface area contributed by atoms with Gasteiger partial charge in [-0.25, -0.2) is 22.2 Å². The minimum Gasteiger partial charge on any atom is -0.322 e. The number of carbonyl (C=O) groups is 1. The SMILES string of the molecule is CNS(=O)(=O)c1cc(NC(=O)/C=C/c2c(C)nn(-c3ccc(F)cc3)c2C)ccc1C. The normalized spacial score (nSPS) is 11.8. The lowest BCUT2D eigenvalue weighted by molar-refractivity contribution is -0.111. The van der Waals surface area contributed by atoms with Crippen LogP contribution >= 0.6 is 0 Å². The van der Waals surface area contributed by atoms with Crippen LogP contribution in [0.5, 0.6) is 0 Å². The second kappa shape index (κ2) is 8.83.